The highest BCUT2D eigenvalue weighted by Gasteiger charge is 2.51. The van der Waals surface area contributed by atoms with Gasteiger partial charge in [-0.2, -0.15) is 0 Å². The van der Waals surface area contributed by atoms with Crippen molar-refractivity contribution in [2.75, 3.05) is 11.4 Å². The smallest absolute Gasteiger partial charge is 0.269 e. The van der Waals surface area contributed by atoms with Crippen LogP contribution < -0.4 is 10.2 Å². The number of unbranched alkanes of at least 4 members (excludes halogenated alkanes) is 1. The highest BCUT2D eigenvalue weighted by atomic mass is 79.9. The number of carbonyl (C=O) groups excluding carboxylic acids is 2. The van der Waals surface area contributed by atoms with E-state index in [0.29, 0.717) is 47.5 Å². The molecule has 0 spiro atoms. The van der Waals surface area contributed by atoms with E-state index in [4.69, 9.17) is 33.4 Å². The molecular weight excluding hydrogens is 571 g/mol. The summed E-state index contributed by atoms with van der Waals surface area (Å²) >= 11 is 15.9. The van der Waals surface area contributed by atoms with Crippen LogP contribution in [0.15, 0.2) is 53.1 Å². The fraction of sp³-hybridized carbons (Fsp3) is 0.320. The Hall–Kier alpha value is -2.43. The lowest BCUT2D eigenvalue weighted by atomic mass is 9.91. The summed E-state index contributed by atoms with van der Waals surface area (Å²) in [5, 5.41) is 21.6. The number of halogens is 3. The van der Waals surface area contributed by atoms with Gasteiger partial charge in [0, 0.05) is 27.5 Å². The van der Waals surface area contributed by atoms with Crippen molar-refractivity contribution in [2.24, 2.45) is 0 Å². The van der Waals surface area contributed by atoms with Crippen LogP contribution in [0.2, 0.25) is 10.0 Å². The average Bonchev–Trinajstić information content (AvgIpc) is 3.32. The topological polar surface area (TPSA) is 108 Å². The highest BCUT2D eigenvalue weighted by molar-refractivity contribution is 9.10. The van der Waals surface area contributed by atoms with Gasteiger partial charge in [-0.25, -0.2) is 9.88 Å². The van der Waals surface area contributed by atoms with Gasteiger partial charge in [-0.05, 0) is 62.1 Å². The second-order valence-corrected chi connectivity index (χ2v) is 10.6. The molecule has 4 rings (SSSR count). The zero-order valence-corrected chi connectivity index (χ0v) is 22.5. The Bertz CT molecular complexity index is 1260. The van der Waals surface area contributed by atoms with Gasteiger partial charge in [-0.3, -0.25) is 14.2 Å². The van der Waals surface area contributed by atoms with E-state index in [0.717, 1.165) is 10.0 Å². The Kier molecular flexibility index (Phi) is 8.06. The van der Waals surface area contributed by atoms with Crippen LogP contribution >= 0.6 is 39.1 Å². The first-order valence-electron chi connectivity index (χ1n) is 11.4. The second kappa shape index (κ2) is 10.9. The Morgan fingerprint density at radius 1 is 1.14 bits per heavy atom. The zero-order valence-electron chi connectivity index (χ0n) is 19.4. The Balaban J connectivity index is 1.70. The molecule has 0 aliphatic carbocycles. The molecular formula is C25H25BrCl2N4O4. The number of nitrogens with zero attached hydrogens (tertiary/aromatic N) is 3. The first-order valence-corrected chi connectivity index (χ1v) is 12.9. The number of carbonyl (C=O) groups is 2. The molecule has 1 atom stereocenters. The van der Waals surface area contributed by atoms with Crippen LogP contribution in [0.3, 0.4) is 0 Å². The molecule has 190 valence electrons. The summed E-state index contributed by atoms with van der Waals surface area (Å²) in [5.74, 6) is -0.344. The van der Waals surface area contributed by atoms with E-state index >= 15 is 0 Å². The summed E-state index contributed by atoms with van der Waals surface area (Å²) in [6.07, 6.45) is 1.76. The van der Waals surface area contributed by atoms with E-state index in [1.165, 1.54) is 11.1 Å². The molecule has 0 fully saturated rings. The summed E-state index contributed by atoms with van der Waals surface area (Å²) in [5.41, 5.74) is 0.463. The van der Waals surface area contributed by atoms with E-state index in [2.05, 4.69) is 26.2 Å². The molecule has 1 aliphatic rings. The molecule has 1 aromatic heterocycles. The Morgan fingerprint density at radius 3 is 2.44 bits per heavy atom. The quantitative estimate of drug-likeness (QED) is 0.243. The fourth-order valence-corrected chi connectivity index (χ4v) is 5.15. The molecule has 0 unspecified atom stereocenters. The number of aromatic nitrogens is 2. The van der Waals surface area contributed by atoms with Crippen molar-refractivity contribution in [3.8, 4) is 0 Å². The maximum Gasteiger partial charge on any atom is 0.269 e. The summed E-state index contributed by atoms with van der Waals surface area (Å²) in [6, 6.07) is 12.5. The van der Waals surface area contributed by atoms with Crippen molar-refractivity contribution in [3.05, 3.63) is 74.4 Å². The molecule has 1 aliphatic heterocycles. The lowest BCUT2D eigenvalue weighted by molar-refractivity contribution is -0.123. The van der Waals surface area contributed by atoms with Crippen molar-refractivity contribution in [2.45, 2.75) is 44.4 Å². The van der Waals surface area contributed by atoms with Gasteiger partial charge in [0.15, 0.2) is 6.29 Å². The van der Waals surface area contributed by atoms with E-state index in [1.807, 2.05) is 24.3 Å². The van der Waals surface area contributed by atoms with Crippen LogP contribution in [0, 0.1) is 0 Å². The molecule has 0 bridgehead atoms. The minimum absolute atomic E-state index is 0.231. The Morgan fingerprint density at radius 2 is 1.81 bits per heavy atom. The lowest BCUT2D eigenvalue weighted by Gasteiger charge is -2.26. The largest absolute Gasteiger partial charge is 0.368 e. The van der Waals surface area contributed by atoms with Crippen molar-refractivity contribution in [1.29, 1.82) is 0 Å². The van der Waals surface area contributed by atoms with E-state index in [1.54, 1.807) is 29.7 Å². The van der Waals surface area contributed by atoms with Crippen LogP contribution in [-0.4, -0.2) is 44.4 Å². The van der Waals surface area contributed by atoms with Crippen molar-refractivity contribution < 1.29 is 19.8 Å². The molecule has 2 aromatic carbocycles. The van der Waals surface area contributed by atoms with Crippen LogP contribution in [0.1, 0.15) is 42.2 Å². The summed E-state index contributed by atoms with van der Waals surface area (Å²) in [4.78, 5) is 33.0. The van der Waals surface area contributed by atoms with Crippen LogP contribution in [-0.2, 0) is 16.8 Å². The molecule has 3 N–H and O–H groups in total. The molecule has 0 radical (unpaired) electrons. The van der Waals surface area contributed by atoms with E-state index in [-0.39, 0.29) is 23.9 Å². The van der Waals surface area contributed by atoms with Crippen LogP contribution in [0.4, 0.5) is 11.6 Å². The second-order valence-electron chi connectivity index (χ2n) is 8.86. The van der Waals surface area contributed by atoms with Gasteiger partial charge in [-0.15, -0.1) is 0 Å². The lowest BCUT2D eigenvalue weighted by Crippen LogP contribution is -2.43. The predicted molar refractivity (Wildman–Crippen MR) is 142 cm³/mol. The number of fused-ring (bicyclic) bond motifs is 1. The fourth-order valence-electron chi connectivity index (χ4n) is 4.37. The number of nitrogens with one attached hydrogen (secondary N) is 1. The monoisotopic (exact) mass is 594 g/mol. The summed E-state index contributed by atoms with van der Waals surface area (Å²) in [6.45, 7) is 2.13. The molecule has 3 aromatic rings. The average molecular weight is 596 g/mol. The first kappa shape index (κ1) is 26.6. The molecule has 36 heavy (non-hydrogen) atoms. The third-order valence-corrected chi connectivity index (χ3v) is 7.04. The standard InChI is InChI=1S/C25H25BrCl2N4O4/c1-25(13-15-5-7-16(26)8-6-15)23(36)31(19-11-17(27)10-18(28)12-19)24-30-14-20(32(24)25)22(35)29-9-3-2-4-21(33)34/h5-8,10-12,14,21,33-34H,2-4,9,13H2,1H3,(H,29,35)/t25-/m1/s1. The van der Waals surface area contributed by atoms with Gasteiger partial charge in [0.1, 0.15) is 11.2 Å². The van der Waals surface area contributed by atoms with Gasteiger partial charge in [0.25, 0.3) is 11.8 Å². The third-order valence-electron chi connectivity index (χ3n) is 6.07. The Labute approximate surface area is 227 Å². The zero-order chi connectivity index (χ0) is 26.0. The number of hydrogen-bond donors (Lipinski definition) is 3. The third kappa shape index (κ3) is 5.45. The number of aliphatic hydroxyl groups is 2. The number of aliphatic hydroxyl groups excluding tert-OH is 1. The first-order chi connectivity index (χ1) is 17.1. The normalized spacial score (nSPS) is 17.1. The highest BCUT2D eigenvalue weighted by Crippen LogP contribution is 2.43. The van der Waals surface area contributed by atoms with Crippen molar-refractivity contribution >= 4 is 62.6 Å². The number of anilines is 2. The number of amides is 2. The minimum Gasteiger partial charge on any atom is -0.368 e. The molecule has 2 amide bonds. The van der Waals surface area contributed by atoms with Gasteiger partial charge in [0.05, 0.1) is 11.9 Å². The molecule has 0 saturated carbocycles. The van der Waals surface area contributed by atoms with Gasteiger partial charge in [-0.1, -0.05) is 51.3 Å². The number of imidazole rings is 1. The van der Waals surface area contributed by atoms with Crippen molar-refractivity contribution in [1.82, 2.24) is 14.9 Å². The molecule has 2 heterocycles. The maximum absolute atomic E-state index is 14.0. The SMILES string of the molecule is C[C@@]1(Cc2ccc(Br)cc2)C(=O)N(c2cc(Cl)cc(Cl)c2)c2ncc(C(=O)NCCCCC(O)O)n21. The minimum atomic E-state index is -1.37. The van der Waals surface area contributed by atoms with Gasteiger partial charge in [0.2, 0.25) is 5.95 Å². The summed E-state index contributed by atoms with van der Waals surface area (Å²) in [7, 11) is 0. The van der Waals surface area contributed by atoms with E-state index < -0.39 is 11.8 Å². The molecule has 0 saturated heterocycles. The number of benzene rings is 2. The summed E-state index contributed by atoms with van der Waals surface area (Å²) < 4.78 is 2.58. The van der Waals surface area contributed by atoms with Crippen LogP contribution in [0.25, 0.3) is 0 Å². The number of hydrogen-bond acceptors (Lipinski definition) is 5. The van der Waals surface area contributed by atoms with Gasteiger partial charge >= 0.3 is 0 Å². The number of rotatable bonds is 9. The predicted octanol–water partition coefficient (Wildman–Crippen LogP) is 4.80. The van der Waals surface area contributed by atoms with Crippen molar-refractivity contribution in [3.63, 3.8) is 0 Å². The van der Waals surface area contributed by atoms with Crippen LogP contribution in [0.5, 0.6) is 0 Å². The molecule has 11 heteroatoms. The van der Waals surface area contributed by atoms with E-state index in [9.17, 15) is 9.59 Å². The maximum atomic E-state index is 14.0. The van der Waals surface area contributed by atoms with Gasteiger partial charge < -0.3 is 15.5 Å². The molecule has 8 nitrogen and oxygen atoms in total.